The van der Waals surface area contributed by atoms with Gasteiger partial charge in [-0.25, -0.2) is 9.69 Å². The first-order chi connectivity index (χ1) is 22.1. The minimum atomic E-state index is 0.435. The molecule has 0 saturated carbocycles. The third-order valence-electron chi connectivity index (χ3n) is 8.06. The molecule has 0 unspecified atom stereocenters. The molecule has 7 rings (SSSR count). The number of rotatable bonds is 4. The third-order valence-corrected chi connectivity index (χ3v) is 8.06. The molecule has 0 atom stereocenters. The third kappa shape index (κ3) is 4.65. The van der Waals surface area contributed by atoms with E-state index in [0.29, 0.717) is 22.5 Å². The van der Waals surface area contributed by atoms with Crippen LogP contribution in [0.1, 0.15) is 11.1 Å². The van der Waals surface area contributed by atoms with E-state index in [2.05, 4.69) is 50.7 Å². The van der Waals surface area contributed by atoms with Crippen LogP contribution in [0.4, 0.5) is 11.4 Å². The highest BCUT2D eigenvalue weighted by Crippen LogP contribution is 2.39. The summed E-state index contributed by atoms with van der Waals surface area (Å²) < 4.78 is 2.05. The van der Waals surface area contributed by atoms with Gasteiger partial charge in [-0.1, -0.05) is 72.8 Å². The lowest BCUT2D eigenvalue weighted by Gasteiger charge is -2.15. The minimum absolute atomic E-state index is 0.435. The van der Waals surface area contributed by atoms with Gasteiger partial charge in [0.15, 0.2) is 11.4 Å². The molecular formula is C40H21N5. The highest BCUT2D eigenvalue weighted by Gasteiger charge is 2.18. The monoisotopic (exact) mass is 571 g/mol. The van der Waals surface area contributed by atoms with E-state index in [4.69, 9.17) is 13.1 Å². The second kappa shape index (κ2) is 11.1. The van der Waals surface area contributed by atoms with E-state index < -0.39 is 0 Å². The van der Waals surface area contributed by atoms with Crippen molar-refractivity contribution in [2.24, 2.45) is 0 Å². The molecule has 0 bridgehead atoms. The van der Waals surface area contributed by atoms with Crippen molar-refractivity contribution in [3.63, 3.8) is 0 Å². The second-order valence-corrected chi connectivity index (χ2v) is 10.6. The standard InChI is InChI=1S/C40H21N5/c1-43-31-15-17-40-37(23-31)36-18-26(24-41)14-16-39(36)45(40)33-21-30(20-32(22-33)44-2)35-13-7-12-34(38(35)25-42)29-11-6-10-28(19-29)27-8-4-3-5-9-27/h3-23H. The van der Waals surface area contributed by atoms with Gasteiger partial charge >= 0.3 is 0 Å². The molecule has 5 heteroatoms. The Labute approximate surface area is 260 Å². The van der Waals surface area contributed by atoms with Gasteiger partial charge in [0.1, 0.15) is 6.07 Å². The number of hydrogen-bond donors (Lipinski definition) is 0. The zero-order valence-electron chi connectivity index (χ0n) is 23.9. The maximum absolute atomic E-state index is 10.5. The highest BCUT2D eigenvalue weighted by atomic mass is 15.0. The Balaban J connectivity index is 1.44. The van der Waals surface area contributed by atoms with Gasteiger partial charge < -0.3 is 4.57 Å². The van der Waals surface area contributed by atoms with Gasteiger partial charge in [-0.2, -0.15) is 10.5 Å². The van der Waals surface area contributed by atoms with Crippen LogP contribution in [0.2, 0.25) is 0 Å². The van der Waals surface area contributed by atoms with Crippen LogP contribution >= 0.6 is 0 Å². The Morgan fingerprint density at radius 2 is 1.18 bits per heavy atom. The van der Waals surface area contributed by atoms with Crippen molar-refractivity contribution in [3.05, 3.63) is 161 Å². The van der Waals surface area contributed by atoms with Gasteiger partial charge in [0.2, 0.25) is 0 Å². The van der Waals surface area contributed by atoms with Crippen molar-refractivity contribution in [2.75, 3.05) is 0 Å². The number of benzene rings is 6. The van der Waals surface area contributed by atoms with E-state index in [-0.39, 0.29) is 0 Å². The maximum Gasteiger partial charge on any atom is 0.189 e. The van der Waals surface area contributed by atoms with Gasteiger partial charge in [0, 0.05) is 16.6 Å². The number of nitrogens with zero attached hydrogens (tertiary/aromatic N) is 5. The summed E-state index contributed by atoms with van der Waals surface area (Å²) in [5.41, 5.74) is 9.83. The van der Waals surface area contributed by atoms with Gasteiger partial charge in [-0.05, 0) is 87.8 Å². The van der Waals surface area contributed by atoms with Gasteiger partial charge in [-0.3, -0.25) is 0 Å². The summed E-state index contributed by atoms with van der Waals surface area (Å²) in [4.78, 5) is 7.41. The van der Waals surface area contributed by atoms with Crippen molar-refractivity contribution in [2.45, 2.75) is 0 Å². The summed E-state index contributed by atoms with van der Waals surface area (Å²) in [5.74, 6) is 0. The Bertz CT molecular complexity index is 2400. The molecule has 0 aliphatic heterocycles. The minimum Gasteiger partial charge on any atom is -0.311 e. The molecule has 6 aromatic carbocycles. The summed E-state index contributed by atoms with van der Waals surface area (Å²) in [5, 5.41) is 21.8. The molecule has 0 spiro atoms. The summed E-state index contributed by atoms with van der Waals surface area (Å²) in [7, 11) is 0. The molecular weight excluding hydrogens is 550 g/mol. The normalized spacial score (nSPS) is 10.6. The van der Waals surface area contributed by atoms with Crippen molar-refractivity contribution in [1.29, 1.82) is 10.5 Å². The Kier molecular flexibility index (Phi) is 6.62. The van der Waals surface area contributed by atoms with Crippen molar-refractivity contribution >= 4 is 33.2 Å². The van der Waals surface area contributed by atoms with Gasteiger partial charge in [-0.15, -0.1) is 0 Å². The zero-order valence-corrected chi connectivity index (χ0v) is 23.9. The van der Waals surface area contributed by atoms with E-state index >= 15 is 0 Å². The quantitative estimate of drug-likeness (QED) is 0.197. The summed E-state index contributed by atoms with van der Waals surface area (Å²) >= 11 is 0. The molecule has 0 saturated heterocycles. The first-order valence-electron chi connectivity index (χ1n) is 14.2. The van der Waals surface area contributed by atoms with Crippen LogP contribution < -0.4 is 0 Å². The molecule has 1 heterocycles. The van der Waals surface area contributed by atoms with Crippen LogP contribution in [-0.2, 0) is 0 Å². The average molecular weight is 572 g/mol. The Morgan fingerprint density at radius 3 is 1.91 bits per heavy atom. The zero-order chi connectivity index (χ0) is 30.9. The largest absolute Gasteiger partial charge is 0.311 e. The smallest absolute Gasteiger partial charge is 0.189 e. The van der Waals surface area contributed by atoms with Crippen molar-refractivity contribution in [3.8, 4) is 51.2 Å². The number of hydrogen-bond acceptors (Lipinski definition) is 2. The van der Waals surface area contributed by atoms with Crippen molar-refractivity contribution < 1.29 is 0 Å². The fourth-order valence-electron chi connectivity index (χ4n) is 6.02. The predicted molar refractivity (Wildman–Crippen MR) is 179 cm³/mol. The molecule has 0 radical (unpaired) electrons. The molecule has 0 aliphatic rings. The summed E-state index contributed by atoms with van der Waals surface area (Å²) in [6.45, 7) is 15.5. The fourth-order valence-corrected chi connectivity index (χ4v) is 6.02. The molecule has 0 fully saturated rings. The topological polar surface area (TPSA) is 61.2 Å². The van der Waals surface area contributed by atoms with E-state index in [1.165, 1.54) is 0 Å². The lowest BCUT2D eigenvalue weighted by Crippen LogP contribution is -1.96. The maximum atomic E-state index is 10.5. The lowest BCUT2D eigenvalue weighted by atomic mass is 9.91. The number of fused-ring (bicyclic) bond motifs is 3. The predicted octanol–water partition coefficient (Wildman–Crippen LogP) is 10.6. The van der Waals surface area contributed by atoms with E-state index in [1.54, 1.807) is 12.1 Å². The lowest BCUT2D eigenvalue weighted by molar-refractivity contribution is 1.18. The molecule has 5 nitrogen and oxygen atoms in total. The van der Waals surface area contributed by atoms with Crippen LogP contribution in [0.15, 0.2) is 127 Å². The molecule has 0 N–H and O–H groups in total. The van der Waals surface area contributed by atoms with Crippen LogP contribution in [0.5, 0.6) is 0 Å². The second-order valence-electron chi connectivity index (χ2n) is 10.6. The first kappa shape index (κ1) is 26.9. The first-order valence-corrected chi connectivity index (χ1v) is 14.2. The molecule has 0 aliphatic carbocycles. The molecule has 0 amide bonds. The van der Waals surface area contributed by atoms with Crippen molar-refractivity contribution in [1.82, 2.24) is 4.57 Å². The Morgan fingerprint density at radius 1 is 0.511 bits per heavy atom. The molecule has 1 aromatic heterocycles. The van der Waals surface area contributed by atoms with E-state index in [1.807, 2.05) is 91.0 Å². The Hall–Kier alpha value is -6.92. The SMILES string of the molecule is [C-]#[N+]c1cc(-c2cccc(-c3cccc(-c4ccccc4)c3)c2C#N)cc(-n2c3ccc(C#N)cc3c3cc([N+]#[C-])ccc32)c1. The van der Waals surface area contributed by atoms with Crippen LogP contribution in [0.25, 0.3) is 70.6 Å². The highest BCUT2D eigenvalue weighted by molar-refractivity contribution is 6.11. The van der Waals surface area contributed by atoms with E-state index in [9.17, 15) is 10.5 Å². The van der Waals surface area contributed by atoms with Crippen LogP contribution in [-0.4, -0.2) is 4.57 Å². The number of nitriles is 2. The number of aromatic nitrogens is 1. The molecule has 206 valence electrons. The summed E-state index contributed by atoms with van der Waals surface area (Å²) in [6, 6.07) is 45.5. The molecule has 45 heavy (non-hydrogen) atoms. The fraction of sp³-hybridized carbons (Fsp3) is 0. The summed E-state index contributed by atoms with van der Waals surface area (Å²) in [6.07, 6.45) is 0. The van der Waals surface area contributed by atoms with Gasteiger partial charge in [0.05, 0.1) is 41.4 Å². The van der Waals surface area contributed by atoms with Gasteiger partial charge in [0.25, 0.3) is 0 Å². The molecule has 7 aromatic rings. The van der Waals surface area contributed by atoms with E-state index in [0.717, 1.165) is 60.9 Å². The van der Waals surface area contributed by atoms with Crippen LogP contribution in [0.3, 0.4) is 0 Å². The average Bonchev–Trinajstić information content (AvgIpc) is 3.44. The van der Waals surface area contributed by atoms with Crippen LogP contribution in [0, 0.1) is 35.8 Å².